The summed E-state index contributed by atoms with van der Waals surface area (Å²) in [5, 5.41) is 2.78. The van der Waals surface area contributed by atoms with E-state index >= 15 is 0 Å². The lowest BCUT2D eigenvalue weighted by atomic mass is 10.2. The van der Waals surface area contributed by atoms with Gasteiger partial charge in [-0.15, -0.1) is 0 Å². The van der Waals surface area contributed by atoms with Crippen LogP contribution in [0.5, 0.6) is 0 Å². The number of aromatic nitrogens is 2. The highest BCUT2D eigenvalue weighted by atomic mass is 16.6. The Labute approximate surface area is 144 Å². The predicted molar refractivity (Wildman–Crippen MR) is 96.2 cm³/mol. The summed E-state index contributed by atoms with van der Waals surface area (Å²) >= 11 is 0. The lowest BCUT2D eigenvalue weighted by molar-refractivity contribution is 0.0636. The Balaban J connectivity index is 2.03. The summed E-state index contributed by atoms with van der Waals surface area (Å²) in [6, 6.07) is 7.81. The van der Waals surface area contributed by atoms with E-state index in [4.69, 9.17) is 4.74 Å². The number of hydrogen-bond acceptors (Lipinski definition) is 3. The number of carbonyl (C=O) groups is 1. The number of hydrogen-bond donors (Lipinski definition) is 1. The van der Waals surface area contributed by atoms with Gasteiger partial charge in [0.25, 0.3) is 0 Å². The van der Waals surface area contributed by atoms with Crippen molar-refractivity contribution in [3.8, 4) is 0 Å². The molecule has 0 spiro atoms. The van der Waals surface area contributed by atoms with Crippen molar-refractivity contribution in [2.24, 2.45) is 0 Å². The second-order valence-electron chi connectivity index (χ2n) is 6.90. The van der Waals surface area contributed by atoms with Crippen LogP contribution in [0.2, 0.25) is 0 Å². The minimum atomic E-state index is -0.507. The zero-order valence-corrected chi connectivity index (χ0v) is 15.0. The van der Waals surface area contributed by atoms with Gasteiger partial charge in [-0.25, -0.2) is 9.78 Å². The Morgan fingerprint density at radius 2 is 2.12 bits per heavy atom. The number of imidazole rings is 1. The van der Waals surface area contributed by atoms with Gasteiger partial charge >= 0.3 is 6.09 Å². The summed E-state index contributed by atoms with van der Waals surface area (Å²) < 4.78 is 7.44. The van der Waals surface area contributed by atoms with Crippen LogP contribution >= 0.6 is 0 Å². The number of nitrogens with one attached hydrogen (secondary N) is 1. The molecule has 0 saturated carbocycles. The summed E-state index contributed by atoms with van der Waals surface area (Å²) in [7, 11) is 0. The number of anilines is 1. The SMILES string of the molecule is CCCCc1nccn1Cc1cccc(NC(=O)OC(C)(C)C)c1. The van der Waals surface area contributed by atoms with E-state index in [2.05, 4.69) is 21.8 Å². The molecule has 0 unspecified atom stereocenters. The zero-order valence-electron chi connectivity index (χ0n) is 15.0. The molecular formula is C19H27N3O2. The molecule has 0 aliphatic heterocycles. The van der Waals surface area contributed by atoms with E-state index < -0.39 is 11.7 Å². The summed E-state index contributed by atoms with van der Waals surface area (Å²) in [5.74, 6) is 1.10. The molecule has 1 aromatic heterocycles. The van der Waals surface area contributed by atoms with Crippen molar-refractivity contribution in [2.45, 2.75) is 59.1 Å². The van der Waals surface area contributed by atoms with Crippen molar-refractivity contribution < 1.29 is 9.53 Å². The lowest BCUT2D eigenvalue weighted by Crippen LogP contribution is -2.27. The summed E-state index contributed by atoms with van der Waals surface area (Å²) in [6.07, 6.45) is 6.68. The van der Waals surface area contributed by atoms with Crippen molar-refractivity contribution in [1.29, 1.82) is 0 Å². The van der Waals surface area contributed by atoms with E-state index in [1.165, 1.54) is 0 Å². The Morgan fingerprint density at radius 3 is 2.83 bits per heavy atom. The molecule has 2 rings (SSSR count). The first-order chi connectivity index (χ1) is 11.4. The van der Waals surface area contributed by atoms with Gasteiger partial charge in [0.05, 0.1) is 0 Å². The normalized spacial score (nSPS) is 11.3. The molecule has 0 radical (unpaired) electrons. The first-order valence-electron chi connectivity index (χ1n) is 8.46. The number of unbranched alkanes of at least 4 members (excludes halogenated alkanes) is 1. The standard InChI is InChI=1S/C19H27N3O2/c1-5-6-10-17-20-11-12-22(17)14-15-8-7-9-16(13-15)21-18(23)24-19(2,3)4/h7-9,11-13H,5-6,10,14H2,1-4H3,(H,21,23). The number of amides is 1. The quantitative estimate of drug-likeness (QED) is 0.841. The lowest BCUT2D eigenvalue weighted by Gasteiger charge is -2.19. The van der Waals surface area contributed by atoms with Gasteiger partial charge in [-0.2, -0.15) is 0 Å². The molecule has 0 saturated heterocycles. The fourth-order valence-corrected chi connectivity index (χ4v) is 2.41. The van der Waals surface area contributed by atoms with Gasteiger partial charge in [0.1, 0.15) is 11.4 Å². The third-order valence-electron chi connectivity index (χ3n) is 3.48. The van der Waals surface area contributed by atoms with E-state index in [0.717, 1.165) is 42.9 Å². The maximum atomic E-state index is 11.9. The van der Waals surface area contributed by atoms with Gasteiger partial charge in [0.15, 0.2) is 0 Å². The Hall–Kier alpha value is -2.30. The summed E-state index contributed by atoms with van der Waals surface area (Å²) in [5.41, 5.74) is 1.34. The first-order valence-corrected chi connectivity index (χ1v) is 8.46. The number of aryl methyl sites for hydroxylation is 1. The second-order valence-corrected chi connectivity index (χ2v) is 6.90. The van der Waals surface area contributed by atoms with Crippen LogP contribution in [0.25, 0.3) is 0 Å². The maximum absolute atomic E-state index is 11.9. The third-order valence-corrected chi connectivity index (χ3v) is 3.48. The molecule has 0 bridgehead atoms. The van der Waals surface area contributed by atoms with Crippen LogP contribution in [-0.2, 0) is 17.7 Å². The van der Waals surface area contributed by atoms with Crippen LogP contribution in [0.15, 0.2) is 36.7 Å². The number of carbonyl (C=O) groups excluding carboxylic acids is 1. The van der Waals surface area contributed by atoms with Gasteiger partial charge in [-0.05, 0) is 44.9 Å². The van der Waals surface area contributed by atoms with Crippen molar-refractivity contribution in [3.05, 3.63) is 48.0 Å². The summed E-state index contributed by atoms with van der Waals surface area (Å²) in [4.78, 5) is 16.3. The minimum Gasteiger partial charge on any atom is -0.444 e. The van der Waals surface area contributed by atoms with Gasteiger partial charge < -0.3 is 9.30 Å². The fourth-order valence-electron chi connectivity index (χ4n) is 2.41. The van der Waals surface area contributed by atoms with Crippen LogP contribution in [0.1, 0.15) is 51.9 Å². The highest BCUT2D eigenvalue weighted by molar-refractivity contribution is 5.84. The van der Waals surface area contributed by atoms with Crippen LogP contribution in [0, 0.1) is 0 Å². The highest BCUT2D eigenvalue weighted by Crippen LogP contribution is 2.15. The van der Waals surface area contributed by atoms with Crippen LogP contribution in [-0.4, -0.2) is 21.2 Å². The zero-order chi connectivity index (χ0) is 17.6. The number of rotatable bonds is 6. The van der Waals surface area contributed by atoms with Crippen LogP contribution in [0.3, 0.4) is 0 Å². The van der Waals surface area contributed by atoms with Gasteiger partial charge in [-0.1, -0.05) is 25.5 Å². The average Bonchev–Trinajstić information content (AvgIpc) is 2.90. The van der Waals surface area contributed by atoms with Crippen molar-refractivity contribution in [2.75, 3.05) is 5.32 Å². The molecule has 0 fully saturated rings. The average molecular weight is 329 g/mol. The Morgan fingerprint density at radius 1 is 1.33 bits per heavy atom. The summed E-state index contributed by atoms with van der Waals surface area (Å²) in [6.45, 7) is 8.46. The molecule has 24 heavy (non-hydrogen) atoms. The van der Waals surface area contributed by atoms with E-state index in [0.29, 0.717) is 0 Å². The van der Waals surface area contributed by atoms with Crippen molar-refractivity contribution in [1.82, 2.24) is 9.55 Å². The largest absolute Gasteiger partial charge is 0.444 e. The molecule has 2 aromatic rings. The number of benzene rings is 1. The molecule has 5 nitrogen and oxygen atoms in total. The molecular weight excluding hydrogens is 302 g/mol. The predicted octanol–water partition coefficient (Wildman–Crippen LogP) is 4.62. The Bertz CT molecular complexity index is 671. The van der Waals surface area contributed by atoms with E-state index in [-0.39, 0.29) is 0 Å². The molecule has 0 atom stereocenters. The van der Waals surface area contributed by atoms with Gasteiger partial charge in [0, 0.05) is 31.0 Å². The van der Waals surface area contributed by atoms with E-state index in [1.807, 2.05) is 57.4 Å². The molecule has 1 N–H and O–H groups in total. The second kappa shape index (κ2) is 7.99. The fraction of sp³-hybridized carbons (Fsp3) is 0.474. The molecule has 130 valence electrons. The maximum Gasteiger partial charge on any atom is 0.412 e. The number of nitrogens with zero attached hydrogens (tertiary/aromatic N) is 2. The van der Waals surface area contributed by atoms with Crippen LogP contribution in [0.4, 0.5) is 10.5 Å². The molecule has 0 aliphatic rings. The monoisotopic (exact) mass is 329 g/mol. The van der Waals surface area contributed by atoms with E-state index in [1.54, 1.807) is 0 Å². The van der Waals surface area contributed by atoms with Crippen LogP contribution < -0.4 is 5.32 Å². The van der Waals surface area contributed by atoms with Crippen molar-refractivity contribution >= 4 is 11.8 Å². The Kier molecular flexibility index (Phi) is 6.01. The minimum absolute atomic E-state index is 0.439. The number of ether oxygens (including phenoxy) is 1. The third kappa shape index (κ3) is 5.72. The first kappa shape index (κ1) is 18.0. The topological polar surface area (TPSA) is 56.2 Å². The van der Waals surface area contributed by atoms with Gasteiger partial charge in [-0.3, -0.25) is 5.32 Å². The highest BCUT2D eigenvalue weighted by Gasteiger charge is 2.16. The molecule has 5 heteroatoms. The van der Waals surface area contributed by atoms with E-state index in [9.17, 15) is 4.79 Å². The molecule has 1 heterocycles. The van der Waals surface area contributed by atoms with Gasteiger partial charge in [0.2, 0.25) is 0 Å². The van der Waals surface area contributed by atoms with Crippen molar-refractivity contribution in [3.63, 3.8) is 0 Å². The molecule has 0 aliphatic carbocycles. The molecule has 1 amide bonds. The molecule has 1 aromatic carbocycles. The smallest absolute Gasteiger partial charge is 0.412 e.